The first kappa shape index (κ1) is 27.1. The number of ether oxygens (including phenoxy) is 2. The summed E-state index contributed by atoms with van der Waals surface area (Å²) >= 11 is 8.12. The van der Waals surface area contributed by atoms with Crippen LogP contribution in [0.2, 0.25) is 5.02 Å². The fraction of sp³-hybridized carbons (Fsp3) is 0.172. The lowest BCUT2D eigenvalue weighted by atomic mass is 9.82. The Hall–Kier alpha value is -4.06. The van der Waals surface area contributed by atoms with Gasteiger partial charge < -0.3 is 19.8 Å². The summed E-state index contributed by atoms with van der Waals surface area (Å²) in [5.41, 5.74) is 1.62. The number of amides is 3. The van der Waals surface area contributed by atoms with E-state index in [1.165, 1.54) is 23.8 Å². The molecule has 12 heteroatoms. The number of benzene rings is 3. The number of aromatic nitrogens is 1. The van der Waals surface area contributed by atoms with Gasteiger partial charge in [-0.05, 0) is 54.6 Å². The number of anilines is 2. The van der Waals surface area contributed by atoms with E-state index in [0.29, 0.717) is 43.4 Å². The van der Waals surface area contributed by atoms with Crippen LogP contribution < -0.4 is 24.6 Å². The van der Waals surface area contributed by atoms with Gasteiger partial charge in [-0.2, -0.15) is 0 Å². The molecule has 1 aromatic heterocycles. The Labute approximate surface area is 247 Å². The maximum atomic E-state index is 14.0. The van der Waals surface area contributed by atoms with Crippen molar-refractivity contribution in [3.8, 4) is 11.5 Å². The third kappa shape index (κ3) is 5.12. The van der Waals surface area contributed by atoms with Crippen LogP contribution in [0.4, 0.5) is 11.4 Å². The average molecular weight is 608 g/mol. The van der Waals surface area contributed by atoms with Crippen molar-refractivity contribution >= 4 is 63.8 Å². The van der Waals surface area contributed by atoms with Gasteiger partial charge >= 0.3 is 4.87 Å². The predicted octanol–water partition coefficient (Wildman–Crippen LogP) is 4.91. The Kier molecular flexibility index (Phi) is 7.33. The molecule has 0 saturated carbocycles. The van der Waals surface area contributed by atoms with Gasteiger partial charge in [0.1, 0.15) is 16.7 Å². The first-order chi connectivity index (χ1) is 19.8. The third-order valence-electron chi connectivity index (χ3n) is 6.90. The minimum atomic E-state index is -0.791. The second kappa shape index (κ2) is 11.1. The molecular weight excluding hydrogens is 586 g/mol. The molecule has 0 radical (unpaired) electrons. The highest BCUT2D eigenvalue weighted by molar-refractivity contribution is 8.00. The number of methoxy groups -OCH3 is 1. The first-order valence-corrected chi connectivity index (χ1v) is 14.6. The number of fused-ring (bicyclic) bond motifs is 2. The van der Waals surface area contributed by atoms with Crippen molar-refractivity contribution in [3.05, 3.63) is 97.9 Å². The number of hydrogen-bond acceptors (Lipinski definition) is 8. The Morgan fingerprint density at radius 2 is 1.73 bits per heavy atom. The second-order valence-electron chi connectivity index (χ2n) is 9.34. The zero-order chi connectivity index (χ0) is 28.7. The Balaban J connectivity index is 1.33. The fourth-order valence-electron chi connectivity index (χ4n) is 5.08. The van der Waals surface area contributed by atoms with Crippen LogP contribution in [0.25, 0.3) is 0 Å². The maximum absolute atomic E-state index is 14.0. The number of rotatable bonds is 7. The van der Waals surface area contributed by atoms with E-state index in [-0.39, 0.29) is 29.2 Å². The van der Waals surface area contributed by atoms with Crippen LogP contribution in [0.1, 0.15) is 16.4 Å². The van der Waals surface area contributed by atoms with Gasteiger partial charge in [0.05, 0.1) is 23.7 Å². The number of halogens is 1. The minimum absolute atomic E-state index is 0.278. The topological polar surface area (TPSA) is 118 Å². The second-order valence-corrected chi connectivity index (χ2v) is 11.9. The van der Waals surface area contributed by atoms with Crippen LogP contribution in [0, 0.1) is 5.92 Å². The molecule has 41 heavy (non-hydrogen) atoms. The van der Waals surface area contributed by atoms with E-state index < -0.39 is 17.1 Å². The van der Waals surface area contributed by atoms with Crippen LogP contribution in [-0.4, -0.2) is 41.7 Å². The number of nitrogens with one attached hydrogen (secondary N) is 2. The highest BCUT2D eigenvalue weighted by Gasteiger charge is 2.56. The monoisotopic (exact) mass is 607 g/mol. The van der Waals surface area contributed by atoms with Crippen molar-refractivity contribution in [2.75, 3.05) is 23.9 Å². The normalized spacial score (nSPS) is 19.5. The number of nitrogens with zero attached hydrogens (tertiary/aromatic N) is 1. The summed E-state index contributed by atoms with van der Waals surface area (Å²) in [6.45, 7) is -0.295. The number of carbonyl (C=O) groups is 3. The molecule has 2 N–H and O–H groups in total. The third-order valence-corrected chi connectivity index (χ3v) is 9.55. The number of carbonyl (C=O) groups excluding carboxylic acids is 3. The maximum Gasteiger partial charge on any atom is 0.305 e. The molecule has 3 atom stereocenters. The van der Waals surface area contributed by atoms with Gasteiger partial charge in [-0.25, -0.2) is 4.90 Å². The molecule has 4 aromatic rings. The van der Waals surface area contributed by atoms with Gasteiger partial charge in [0, 0.05) is 27.1 Å². The van der Waals surface area contributed by atoms with Crippen LogP contribution in [-0.2, 0) is 14.4 Å². The zero-order valence-electron chi connectivity index (χ0n) is 21.5. The van der Waals surface area contributed by atoms with E-state index >= 15 is 0 Å². The van der Waals surface area contributed by atoms with Crippen LogP contribution in [0.15, 0.2) is 82.6 Å². The molecule has 208 valence electrons. The van der Waals surface area contributed by atoms with Crippen molar-refractivity contribution in [1.82, 2.24) is 4.98 Å². The highest BCUT2D eigenvalue weighted by atomic mass is 35.5. The molecule has 0 aliphatic carbocycles. The standard InChI is InChI=1S/C29H22ClN3O6S2/c1-38-18-12-10-17(11-13-18)33-27(35)23-22(24-26(32-29(37)41-24)40-25(23)28(33)36)19-4-2-3-5-20(19)39-14-21(34)31-16-8-6-15(30)7-9-16/h2-13,22-23,25H,14H2,1H3,(H,31,34)(H,32,37)/t22-,23-,25+/m0/s1. The molecule has 0 spiro atoms. The molecule has 3 heterocycles. The quantitative estimate of drug-likeness (QED) is 0.287. The summed E-state index contributed by atoms with van der Waals surface area (Å²) in [7, 11) is 1.54. The van der Waals surface area contributed by atoms with Crippen molar-refractivity contribution < 1.29 is 23.9 Å². The molecule has 2 aliphatic heterocycles. The van der Waals surface area contributed by atoms with E-state index in [1.807, 2.05) is 0 Å². The number of hydrogen-bond donors (Lipinski definition) is 2. The molecule has 3 amide bonds. The van der Waals surface area contributed by atoms with Crippen molar-refractivity contribution in [1.29, 1.82) is 0 Å². The van der Waals surface area contributed by atoms with Gasteiger partial charge in [0.2, 0.25) is 11.8 Å². The summed E-state index contributed by atoms with van der Waals surface area (Å²) in [5, 5.41) is 3.10. The van der Waals surface area contributed by atoms with Crippen molar-refractivity contribution in [3.63, 3.8) is 0 Å². The molecule has 6 rings (SSSR count). The van der Waals surface area contributed by atoms with Gasteiger partial charge in [-0.3, -0.25) is 19.2 Å². The molecule has 3 aromatic carbocycles. The summed E-state index contributed by atoms with van der Waals surface area (Å²) in [6, 6.07) is 20.5. The molecule has 0 bridgehead atoms. The van der Waals surface area contributed by atoms with Crippen LogP contribution in [0.5, 0.6) is 11.5 Å². The average Bonchev–Trinajstić information content (AvgIpc) is 3.47. The molecular formula is C29H22ClN3O6S2. The lowest BCUT2D eigenvalue weighted by Gasteiger charge is -2.30. The van der Waals surface area contributed by atoms with Gasteiger partial charge in [0.15, 0.2) is 6.61 Å². The highest BCUT2D eigenvalue weighted by Crippen LogP contribution is 2.54. The minimum Gasteiger partial charge on any atom is -0.497 e. The van der Waals surface area contributed by atoms with E-state index in [1.54, 1.807) is 72.8 Å². The summed E-state index contributed by atoms with van der Waals surface area (Å²) in [5.74, 6) is -1.57. The van der Waals surface area contributed by atoms with E-state index in [2.05, 4.69) is 10.3 Å². The van der Waals surface area contributed by atoms with E-state index in [0.717, 1.165) is 11.3 Å². The van der Waals surface area contributed by atoms with Gasteiger partial charge in [-0.1, -0.05) is 52.9 Å². The number of aromatic amines is 1. The Bertz CT molecular complexity index is 1700. The van der Waals surface area contributed by atoms with Crippen LogP contribution in [0.3, 0.4) is 0 Å². The number of H-pyrrole nitrogens is 1. The van der Waals surface area contributed by atoms with E-state index in [9.17, 15) is 19.2 Å². The lowest BCUT2D eigenvalue weighted by molar-refractivity contribution is -0.122. The molecule has 0 unspecified atom stereocenters. The number of thiazole rings is 1. The number of para-hydroxylation sites is 1. The zero-order valence-corrected chi connectivity index (χ0v) is 23.8. The Morgan fingerprint density at radius 1 is 1.00 bits per heavy atom. The van der Waals surface area contributed by atoms with E-state index in [4.69, 9.17) is 21.1 Å². The van der Waals surface area contributed by atoms with Gasteiger partial charge in [0.25, 0.3) is 5.91 Å². The van der Waals surface area contributed by atoms with Crippen molar-refractivity contribution in [2.24, 2.45) is 5.92 Å². The van der Waals surface area contributed by atoms with Gasteiger partial charge in [-0.15, -0.1) is 0 Å². The predicted molar refractivity (Wildman–Crippen MR) is 157 cm³/mol. The number of thioether (sulfide) groups is 1. The largest absolute Gasteiger partial charge is 0.497 e. The molecule has 1 saturated heterocycles. The summed E-state index contributed by atoms with van der Waals surface area (Å²) < 4.78 is 11.2. The molecule has 1 fully saturated rings. The first-order valence-electron chi connectivity index (χ1n) is 12.5. The SMILES string of the molecule is COc1ccc(N2C(=O)[C@H]3[C@H](c4ccccc4OCC(=O)Nc4ccc(Cl)cc4)c4sc(=O)[nH]c4S[C@H]3C2=O)cc1. The fourth-order valence-corrected chi connectivity index (χ4v) is 7.71. The smallest absolute Gasteiger partial charge is 0.305 e. The van der Waals surface area contributed by atoms with Crippen molar-refractivity contribution in [2.45, 2.75) is 16.2 Å². The summed E-state index contributed by atoms with van der Waals surface area (Å²) in [6.07, 6.45) is 0. The number of imide groups is 1. The lowest BCUT2D eigenvalue weighted by Crippen LogP contribution is -2.32. The Morgan fingerprint density at radius 3 is 2.46 bits per heavy atom. The summed E-state index contributed by atoms with van der Waals surface area (Å²) in [4.78, 5) is 57.1. The molecule has 2 aliphatic rings. The molecule has 9 nitrogen and oxygen atoms in total. The van der Waals surface area contributed by atoms with Crippen LogP contribution >= 0.6 is 34.7 Å².